The average Bonchev–Trinajstić information content (AvgIpc) is 2.34. The summed E-state index contributed by atoms with van der Waals surface area (Å²) in [6.07, 6.45) is 1.18. The number of azo groups is 1. The van der Waals surface area contributed by atoms with Gasteiger partial charge in [-0.1, -0.05) is 0 Å². The van der Waals surface area contributed by atoms with E-state index in [1.807, 2.05) is 0 Å². The Kier molecular flexibility index (Phi) is 0.974. The molecule has 1 aliphatic heterocycles. The number of amides is 1. The zero-order valence-corrected chi connectivity index (χ0v) is 5.24. The predicted molar refractivity (Wildman–Crippen MR) is 33.7 cm³/mol. The van der Waals surface area contributed by atoms with Crippen LogP contribution in [0.1, 0.15) is 10.4 Å². The lowest BCUT2D eigenvalue weighted by molar-refractivity contribution is 0.100. The normalized spacial score (nSPS) is 13.6. The van der Waals surface area contributed by atoms with Crippen molar-refractivity contribution in [2.75, 3.05) is 0 Å². The molecule has 0 radical (unpaired) electrons. The molecule has 11 heavy (non-hydrogen) atoms. The molecule has 0 aromatic carbocycles. The summed E-state index contributed by atoms with van der Waals surface area (Å²) in [4.78, 5) is 27.5. The van der Waals surface area contributed by atoms with Gasteiger partial charge >= 0.3 is 5.91 Å². The molecule has 6 nitrogen and oxygen atoms in total. The van der Waals surface area contributed by atoms with E-state index in [0.29, 0.717) is 0 Å². The molecule has 2 heterocycles. The second-order valence-electron chi connectivity index (χ2n) is 1.94. The molecule has 1 aromatic heterocycles. The topological polar surface area (TPSA) is 87.5 Å². The highest BCUT2D eigenvalue weighted by Gasteiger charge is 2.21. The molecule has 0 spiro atoms. The number of carbonyl (C=O) groups is 1. The van der Waals surface area contributed by atoms with Gasteiger partial charge in [-0.3, -0.25) is 9.59 Å². The molecular formula is C5H2N4O2. The Morgan fingerprint density at radius 2 is 2.09 bits per heavy atom. The predicted octanol–water partition coefficient (Wildman–Crippen LogP) is 0.00740. The fourth-order valence-electron chi connectivity index (χ4n) is 0.802. The first-order valence-electron chi connectivity index (χ1n) is 2.83. The van der Waals surface area contributed by atoms with Gasteiger partial charge in [-0.25, -0.2) is 4.98 Å². The van der Waals surface area contributed by atoms with Crippen molar-refractivity contribution in [3.63, 3.8) is 0 Å². The Labute approximate surface area is 60.0 Å². The molecule has 0 saturated carbocycles. The molecule has 0 aliphatic carbocycles. The molecule has 0 bridgehead atoms. The number of aromatic nitrogens is 2. The third kappa shape index (κ3) is 0.689. The molecule has 0 saturated heterocycles. The standard InChI is InChI=1S/C5H2N4O2/c10-4-2-3(6-1-7-4)8-9-5(2)11/h1H,(H,6,7,10). The van der Waals surface area contributed by atoms with Gasteiger partial charge in [0, 0.05) is 0 Å². The van der Waals surface area contributed by atoms with Crippen LogP contribution < -0.4 is 5.56 Å². The molecule has 2 rings (SSSR count). The maximum absolute atomic E-state index is 10.9. The van der Waals surface area contributed by atoms with Crippen LogP contribution in [0.5, 0.6) is 0 Å². The maximum atomic E-state index is 10.9. The summed E-state index contributed by atoms with van der Waals surface area (Å²) in [6, 6.07) is 0. The fourth-order valence-corrected chi connectivity index (χ4v) is 0.802. The highest BCUT2D eigenvalue weighted by molar-refractivity contribution is 6.00. The van der Waals surface area contributed by atoms with Crippen LogP contribution in [-0.4, -0.2) is 15.9 Å². The number of carbonyl (C=O) groups excluding carboxylic acids is 1. The molecule has 1 N–H and O–H groups in total. The molecule has 0 fully saturated rings. The third-order valence-corrected chi connectivity index (χ3v) is 1.28. The fraction of sp³-hybridized carbons (Fsp3) is 0. The molecular weight excluding hydrogens is 148 g/mol. The number of fused-ring (bicyclic) bond motifs is 1. The largest absolute Gasteiger partial charge is 0.312 e. The van der Waals surface area contributed by atoms with Gasteiger partial charge in [-0.2, -0.15) is 0 Å². The molecule has 0 unspecified atom stereocenters. The van der Waals surface area contributed by atoms with Crippen LogP contribution in [0, 0.1) is 0 Å². The molecule has 1 amide bonds. The summed E-state index contributed by atoms with van der Waals surface area (Å²) in [5.41, 5.74) is -0.572. The summed E-state index contributed by atoms with van der Waals surface area (Å²) in [6.45, 7) is 0. The zero-order valence-electron chi connectivity index (χ0n) is 5.24. The van der Waals surface area contributed by atoms with Crippen molar-refractivity contribution in [1.82, 2.24) is 9.97 Å². The number of nitrogens with one attached hydrogen (secondary N) is 1. The van der Waals surface area contributed by atoms with Gasteiger partial charge in [0.2, 0.25) is 0 Å². The Bertz CT molecular complexity index is 405. The van der Waals surface area contributed by atoms with Gasteiger partial charge in [0.1, 0.15) is 0 Å². The van der Waals surface area contributed by atoms with Gasteiger partial charge in [-0.05, 0) is 0 Å². The maximum Gasteiger partial charge on any atom is 0.305 e. The van der Waals surface area contributed by atoms with E-state index < -0.39 is 11.5 Å². The summed E-state index contributed by atoms with van der Waals surface area (Å²) < 4.78 is 0. The number of nitrogens with zero attached hydrogens (tertiary/aromatic N) is 3. The monoisotopic (exact) mass is 150 g/mol. The Balaban J connectivity index is 2.85. The van der Waals surface area contributed by atoms with Gasteiger partial charge in [-0.15, -0.1) is 10.2 Å². The second kappa shape index (κ2) is 1.82. The van der Waals surface area contributed by atoms with Gasteiger partial charge in [0.25, 0.3) is 5.56 Å². The number of rotatable bonds is 0. The second-order valence-corrected chi connectivity index (χ2v) is 1.94. The number of aromatic amines is 1. The number of hydrogen-bond acceptors (Lipinski definition) is 4. The van der Waals surface area contributed by atoms with Crippen LogP contribution in [0.2, 0.25) is 0 Å². The van der Waals surface area contributed by atoms with Crippen molar-refractivity contribution in [1.29, 1.82) is 0 Å². The first-order valence-corrected chi connectivity index (χ1v) is 2.83. The first-order chi connectivity index (χ1) is 5.29. The lowest BCUT2D eigenvalue weighted by Crippen LogP contribution is -2.14. The van der Waals surface area contributed by atoms with Crippen molar-refractivity contribution in [3.05, 3.63) is 22.2 Å². The third-order valence-electron chi connectivity index (χ3n) is 1.28. The van der Waals surface area contributed by atoms with Crippen LogP contribution in [0.3, 0.4) is 0 Å². The van der Waals surface area contributed by atoms with E-state index in [9.17, 15) is 9.59 Å². The van der Waals surface area contributed by atoms with E-state index in [1.165, 1.54) is 6.33 Å². The molecule has 54 valence electrons. The van der Waals surface area contributed by atoms with Crippen molar-refractivity contribution in [3.8, 4) is 0 Å². The van der Waals surface area contributed by atoms with Crippen LogP contribution in [0.15, 0.2) is 21.4 Å². The minimum atomic E-state index is -0.630. The highest BCUT2D eigenvalue weighted by Crippen LogP contribution is 2.18. The summed E-state index contributed by atoms with van der Waals surface area (Å²) in [5.74, 6) is -0.534. The van der Waals surface area contributed by atoms with Crippen molar-refractivity contribution in [2.45, 2.75) is 0 Å². The SMILES string of the molecule is O=C1N=Nc2nc[nH]c(=O)c21. The summed E-state index contributed by atoms with van der Waals surface area (Å²) >= 11 is 0. The van der Waals surface area contributed by atoms with Gasteiger partial charge in [0.05, 0.1) is 6.33 Å². The van der Waals surface area contributed by atoms with Crippen LogP contribution >= 0.6 is 0 Å². The van der Waals surface area contributed by atoms with Gasteiger partial charge < -0.3 is 4.98 Å². The van der Waals surface area contributed by atoms with Gasteiger partial charge in [0.15, 0.2) is 11.4 Å². The van der Waals surface area contributed by atoms with Crippen LogP contribution in [0.25, 0.3) is 0 Å². The lowest BCUT2D eigenvalue weighted by Gasteiger charge is -1.87. The Morgan fingerprint density at radius 3 is 2.82 bits per heavy atom. The van der Waals surface area contributed by atoms with E-state index >= 15 is 0 Å². The van der Waals surface area contributed by atoms with E-state index in [-0.39, 0.29) is 11.4 Å². The summed E-state index contributed by atoms with van der Waals surface area (Å²) in [5, 5.41) is 6.55. The Hall–Kier alpha value is -1.85. The van der Waals surface area contributed by atoms with E-state index in [2.05, 4.69) is 20.2 Å². The van der Waals surface area contributed by atoms with E-state index in [1.54, 1.807) is 0 Å². The van der Waals surface area contributed by atoms with Crippen molar-refractivity contribution >= 4 is 11.7 Å². The summed E-state index contributed by atoms with van der Waals surface area (Å²) in [7, 11) is 0. The minimum absolute atomic E-state index is 0.0764. The number of hydrogen-bond donors (Lipinski definition) is 1. The first kappa shape index (κ1) is 5.90. The van der Waals surface area contributed by atoms with Crippen LogP contribution in [-0.2, 0) is 0 Å². The average molecular weight is 150 g/mol. The molecule has 1 aliphatic rings. The van der Waals surface area contributed by atoms with Crippen molar-refractivity contribution < 1.29 is 4.79 Å². The zero-order chi connectivity index (χ0) is 7.84. The molecule has 0 atom stereocenters. The van der Waals surface area contributed by atoms with E-state index in [0.717, 1.165) is 0 Å². The number of H-pyrrole nitrogens is 1. The lowest BCUT2D eigenvalue weighted by atomic mass is 10.3. The van der Waals surface area contributed by atoms with E-state index in [4.69, 9.17) is 0 Å². The Morgan fingerprint density at radius 1 is 1.27 bits per heavy atom. The highest BCUT2D eigenvalue weighted by atomic mass is 16.2. The smallest absolute Gasteiger partial charge is 0.305 e. The molecule has 6 heteroatoms. The minimum Gasteiger partial charge on any atom is -0.312 e. The quantitative estimate of drug-likeness (QED) is 0.564. The van der Waals surface area contributed by atoms with Crippen LogP contribution in [0.4, 0.5) is 5.82 Å². The molecule has 1 aromatic rings. The van der Waals surface area contributed by atoms with Crippen molar-refractivity contribution in [2.24, 2.45) is 10.2 Å².